The molecule has 0 aliphatic carbocycles. The van der Waals surface area contributed by atoms with E-state index in [1.165, 1.54) is 60.3 Å². The highest BCUT2D eigenvalue weighted by Gasteiger charge is 2.21. The lowest BCUT2D eigenvalue weighted by atomic mass is 10.0. The lowest BCUT2D eigenvalue weighted by molar-refractivity contribution is 1.15. The molecule has 12 aromatic rings. The molecule has 0 atom stereocenters. The summed E-state index contributed by atoms with van der Waals surface area (Å²) in [5.41, 5.74) is 16.6. The lowest BCUT2D eigenvalue weighted by Crippen LogP contribution is -1.99. The van der Waals surface area contributed by atoms with Gasteiger partial charge in [0, 0.05) is 49.6 Å². The Labute approximate surface area is 359 Å². The van der Waals surface area contributed by atoms with Crippen LogP contribution in [0.15, 0.2) is 231 Å². The molecule has 0 N–H and O–H groups in total. The standard InChI is InChI=1S/C58H38N4/c1-4-14-39(15-5-1)40-24-26-41(27-25-40)42-28-32-46(33-29-42)61-54-22-12-10-20-48(54)50-36-37-51-49-21-11-13-23-55(49)62(57(51)56(50)61)47-34-30-44(31-35-47)53-38-52(43-16-6-2-7-17-43)59-58(60-53)45-18-8-3-9-19-45/h1-38H. The van der Waals surface area contributed by atoms with Gasteiger partial charge in [-0.1, -0.05) is 188 Å². The van der Waals surface area contributed by atoms with Crippen LogP contribution in [0.25, 0.3) is 111 Å². The van der Waals surface area contributed by atoms with Gasteiger partial charge in [0.15, 0.2) is 5.82 Å². The van der Waals surface area contributed by atoms with Crippen molar-refractivity contribution in [2.24, 2.45) is 0 Å². The highest BCUT2D eigenvalue weighted by molar-refractivity contribution is 6.23. The van der Waals surface area contributed by atoms with Crippen molar-refractivity contribution < 1.29 is 0 Å². The van der Waals surface area contributed by atoms with Crippen LogP contribution in [0.3, 0.4) is 0 Å². The fourth-order valence-corrected chi connectivity index (χ4v) is 9.18. The molecular weight excluding hydrogens is 753 g/mol. The molecule has 12 rings (SSSR count). The van der Waals surface area contributed by atoms with E-state index in [1.54, 1.807) is 0 Å². The molecule has 0 aliphatic heterocycles. The zero-order chi connectivity index (χ0) is 41.0. The zero-order valence-corrected chi connectivity index (χ0v) is 33.7. The largest absolute Gasteiger partial charge is 0.307 e. The molecule has 0 spiro atoms. The Morgan fingerprint density at radius 1 is 0.258 bits per heavy atom. The predicted octanol–water partition coefficient (Wildman–Crippen LogP) is 15.0. The average Bonchev–Trinajstić information content (AvgIpc) is 3.88. The molecule has 62 heavy (non-hydrogen) atoms. The van der Waals surface area contributed by atoms with Crippen LogP contribution in [0.5, 0.6) is 0 Å². The maximum Gasteiger partial charge on any atom is 0.160 e. The number of hydrogen-bond acceptors (Lipinski definition) is 2. The fourth-order valence-electron chi connectivity index (χ4n) is 9.18. The van der Waals surface area contributed by atoms with Crippen LogP contribution in [0.2, 0.25) is 0 Å². The number of benzene rings is 9. The summed E-state index contributed by atoms with van der Waals surface area (Å²) in [6.07, 6.45) is 0. The molecular formula is C58H38N4. The van der Waals surface area contributed by atoms with Crippen molar-refractivity contribution in [2.45, 2.75) is 0 Å². The van der Waals surface area contributed by atoms with E-state index in [0.29, 0.717) is 5.82 Å². The molecule has 4 heteroatoms. The summed E-state index contributed by atoms with van der Waals surface area (Å²) < 4.78 is 4.90. The van der Waals surface area contributed by atoms with Gasteiger partial charge in [0.2, 0.25) is 0 Å². The van der Waals surface area contributed by atoms with Gasteiger partial charge in [0.25, 0.3) is 0 Å². The van der Waals surface area contributed by atoms with E-state index in [-0.39, 0.29) is 0 Å². The Hall–Kier alpha value is -8.34. The summed E-state index contributed by atoms with van der Waals surface area (Å²) in [4.78, 5) is 10.1. The number of nitrogens with zero attached hydrogens (tertiary/aromatic N) is 4. The quantitative estimate of drug-likeness (QED) is 0.161. The third-order valence-corrected chi connectivity index (χ3v) is 12.2. The first-order valence-electron chi connectivity index (χ1n) is 21.1. The summed E-state index contributed by atoms with van der Waals surface area (Å²) in [6, 6.07) is 82.2. The minimum Gasteiger partial charge on any atom is -0.307 e. The summed E-state index contributed by atoms with van der Waals surface area (Å²) in [7, 11) is 0. The van der Waals surface area contributed by atoms with E-state index >= 15 is 0 Å². The molecule has 0 unspecified atom stereocenters. The summed E-state index contributed by atoms with van der Waals surface area (Å²) in [5, 5.41) is 4.88. The first kappa shape index (κ1) is 35.6. The van der Waals surface area contributed by atoms with E-state index in [0.717, 1.165) is 45.0 Å². The van der Waals surface area contributed by atoms with E-state index in [9.17, 15) is 0 Å². The Kier molecular flexibility index (Phi) is 8.46. The van der Waals surface area contributed by atoms with Crippen LogP contribution >= 0.6 is 0 Å². The Balaban J connectivity index is 1.01. The second kappa shape index (κ2) is 14.7. The maximum absolute atomic E-state index is 5.12. The van der Waals surface area contributed by atoms with Crippen molar-refractivity contribution in [1.29, 1.82) is 0 Å². The molecule has 290 valence electrons. The number of fused-ring (bicyclic) bond motifs is 7. The first-order chi connectivity index (χ1) is 30.7. The van der Waals surface area contributed by atoms with Gasteiger partial charge >= 0.3 is 0 Å². The van der Waals surface area contributed by atoms with Crippen LogP contribution in [-0.4, -0.2) is 19.1 Å². The number of hydrogen-bond donors (Lipinski definition) is 0. The van der Waals surface area contributed by atoms with Gasteiger partial charge in [-0.05, 0) is 64.7 Å². The number of aromatic nitrogens is 4. The smallest absolute Gasteiger partial charge is 0.160 e. The van der Waals surface area contributed by atoms with Gasteiger partial charge < -0.3 is 9.13 Å². The number of para-hydroxylation sites is 2. The molecule has 3 aromatic heterocycles. The first-order valence-corrected chi connectivity index (χ1v) is 21.1. The molecule has 3 heterocycles. The fraction of sp³-hybridized carbons (Fsp3) is 0. The highest BCUT2D eigenvalue weighted by atomic mass is 15.0. The van der Waals surface area contributed by atoms with Crippen LogP contribution in [0, 0.1) is 0 Å². The summed E-state index contributed by atoms with van der Waals surface area (Å²) in [6.45, 7) is 0. The Bertz CT molecular complexity index is 3510. The highest BCUT2D eigenvalue weighted by Crippen LogP contribution is 2.42. The minimum absolute atomic E-state index is 0.706. The molecule has 0 fully saturated rings. The summed E-state index contributed by atoms with van der Waals surface area (Å²) >= 11 is 0. The second-order valence-corrected chi connectivity index (χ2v) is 15.8. The topological polar surface area (TPSA) is 35.6 Å². The summed E-state index contributed by atoms with van der Waals surface area (Å²) in [5.74, 6) is 0.706. The van der Waals surface area contributed by atoms with Crippen LogP contribution in [-0.2, 0) is 0 Å². The molecule has 0 radical (unpaired) electrons. The van der Waals surface area contributed by atoms with Crippen molar-refractivity contribution in [3.05, 3.63) is 231 Å². The van der Waals surface area contributed by atoms with E-state index in [4.69, 9.17) is 9.97 Å². The molecule has 0 bridgehead atoms. The Morgan fingerprint density at radius 2 is 0.597 bits per heavy atom. The van der Waals surface area contributed by atoms with Gasteiger partial charge in [0.05, 0.1) is 33.5 Å². The van der Waals surface area contributed by atoms with Crippen LogP contribution in [0.4, 0.5) is 0 Å². The molecule has 0 amide bonds. The van der Waals surface area contributed by atoms with Gasteiger partial charge in [-0.25, -0.2) is 9.97 Å². The van der Waals surface area contributed by atoms with Crippen molar-refractivity contribution in [1.82, 2.24) is 19.1 Å². The predicted molar refractivity (Wildman–Crippen MR) is 258 cm³/mol. The minimum atomic E-state index is 0.706. The van der Waals surface area contributed by atoms with E-state index in [1.807, 2.05) is 24.3 Å². The number of rotatable bonds is 7. The lowest BCUT2D eigenvalue weighted by Gasteiger charge is -2.14. The molecule has 0 saturated carbocycles. The second-order valence-electron chi connectivity index (χ2n) is 15.8. The SMILES string of the molecule is c1ccc(-c2ccc(-c3ccc(-n4c5ccccc5c5ccc6c7ccccc7n(-c7ccc(-c8cc(-c9ccccc9)nc(-c9ccccc9)n8)cc7)c6c54)cc3)cc2)cc1. The Morgan fingerprint density at radius 3 is 1.06 bits per heavy atom. The monoisotopic (exact) mass is 790 g/mol. The molecule has 9 aromatic carbocycles. The van der Waals surface area contributed by atoms with E-state index in [2.05, 4.69) is 215 Å². The molecule has 4 nitrogen and oxygen atoms in total. The van der Waals surface area contributed by atoms with Gasteiger partial charge in [-0.3, -0.25) is 0 Å². The van der Waals surface area contributed by atoms with Crippen molar-refractivity contribution in [3.8, 4) is 67.5 Å². The van der Waals surface area contributed by atoms with Gasteiger partial charge in [-0.2, -0.15) is 0 Å². The van der Waals surface area contributed by atoms with Crippen molar-refractivity contribution >= 4 is 43.6 Å². The third-order valence-electron chi connectivity index (χ3n) is 12.2. The van der Waals surface area contributed by atoms with Gasteiger partial charge in [0.1, 0.15) is 0 Å². The maximum atomic E-state index is 5.12. The van der Waals surface area contributed by atoms with Crippen molar-refractivity contribution in [2.75, 3.05) is 0 Å². The molecule has 0 aliphatic rings. The van der Waals surface area contributed by atoms with E-state index < -0.39 is 0 Å². The normalized spacial score (nSPS) is 11.5. The average molecular weight is 791 g/mol. The molecule has 0 saturated heterocycles. The van der Waals surface area contributed by atoms with Gasteiger partial charge in [-0.15, -0.1) is 0 Å². The third kappa shape index (κ3) is 6.00. The zero-order valence-electron chi connectivity index (χ0n) is 33.7. The van der Waals surface area contributed by atoms with Crippen LogP contribution < -0.4 is 0 Å². The van der Waals surface area contributed by atoms with Crippen molar-refractivity contribution in [3.63, 3.8) is 0 Å². The van der Waals surface area contributed by atoms with Crippen LogP contribution in [0.1, 0.15) is 0 Å².